The summed E-state index contributed by atoms with van der Waals surface area (Å²) in [7, 11) is 1.50. The van der Waals surface area contributed by atoms with Crippen molar-refractivity contribution in [1.29, 1.82) is 0 Å². The number of fused-ring (bicyclic) bond motifs is 1. The summed E-state index contributed by atoms with van der Waals surface area (Å²) in [5.74, 6) is -0.0229. The number of pyridine rings is 1. The molecule has 0 radical (unpaired) electrons. The molecule has 0 spiro atoms. The SMILES string of the molecule is COc1cc(C(=O)NNC(=O)c2cn3ccc(C)cc3n2)ccc1OC(C)C. The van der Waals surface area contributed by atoms with Gasteiger partial charge in [-0.1, -0.05) is 0 Å². The van der Waals surface area contributed by atoms with E-state index in [2.05, 4.69) is 15.8 Å². The van der Waals surface area contributed by atoms with Crippen LogP contribution in [0.5, 0.6) is 11.5 Å². The van der Waals surface area contributed by atoms with E-state index in [0.717, 1.165) is 5.56 Å². The number of nitrogens with one attached hydrogen (secondary N) is 2. The van der Waals surface area contributed by atoms with Gasteiger partial charge in [-0.3, -0.25) is 20.4 Å². The Kier molecular flexibility index (Phi) is 5.49. The van der Waals surface area contributed by atoms with Crippen molar-refractivity contribution in [2.75, 3.05) is 7.11 Å². The van der Waals surface area contributed by atoms with Crippen LogP contribution in [0.2, 0.25) is 0 Å². The van der Waals surface area contributed by atoms with Crippen LogP contribution in [-0.4, -0.2) is 34.4 Å². The molecule has 0 aliphatic heterocycles. The molecule has 0 bridgehead atoms. The van der Waals surface area contributed by atoms with Gasteiger partial charge in [-0.05, 0) is 56.7 Å². The maximum Gasteiger partial charge on any atom is 0.289 e. The number of ether oxygens (including phenoxy) is 2. The molecule has 8 heteroatoms. The van der Waals surface area contributed by atoms with Crippen molar-refractivity contribution in [2.24, 2.45) is 0 Å². The summed E-state index contributed by atoms with van der Waals surface area (Å²) in [6.07, 6.45) is 3.39. The average Bonchev–Trinajstić information content (AvgIpc) is 3.08. The second-order valence-electron chi connectivity index (χ2n) is 6.54. The van der Waals surface area contributed by atoms with Gasteiger partial charge in [0.15, 0.2) is 11.5 Å². The zero-order chi connectivity index (χ0) is 20.3. The molecule has 0 saturated carbocycles. The Morgan fingerprint density at radius 2 is 1.82 bits per heavy atom. The molecule has 8 nitrogen and oxygen atoms in total. The maximum absolute atomic E-state index is 12.4. The van der Waals surface area contributed by atoms with E-state index < -0.39 is 11.8 Å². The number of amides is 2. The Morgan fingerprint density at radius 3 is 2.54 bits per heavy atom. The van der Waals surface area contributed by atoms with E-state index in [1.54, 1.807) is 28.8 Å². The molecule has 2 N–H and O–H groups in total. The fourth-order valence-electron chi connectivity index (χ4n) is 2.60. The molecule has 3 rings (SSSR count). The first-order valence-corrected chi connectivity index (χ1v) is 8.78. The number of aryl methyl sites for hydroxylation is 1. The van der Waals surface area contributed by atoms with E-state index in [-0.39, 0.29) is 11.8 Å². The smallest absolute Gasteiger partial charge is 0.289 e. The number of carbonyl (C=O) groups is 2. The Balaban J connectivity index is 1.68. The molecule has 0 aliphatic carbocycles. The van der Waals surface area contributed by atoms with Crippen molar-refractivity contribution in [3.8, 4) is 11.5 Å². The number of nitrogens with zero attached hydrogens (tertiary/aromatic N) is 2. The lowest BCUT2D eigenvalue weighted by Gasteiger charge is -2.14. The highest BCUT2D eigenvalue weighted by Crippen LogP contribution is 2.28. The number of hydrogen-bond donors (Lipinski definition) is 2. The number of hydrazine groups is 1. The lowest BCUT2D eigenvalue weighted by molar-refractivity contribution is 0.0844. The number of aromatic nitrogens is 2. The number of rotatable bonds is 5. The largest absolute Gasteiger partial charge is 0.493 e. The van der Waals surface area contributed by atoms with Crippen LogP contribution < -0.4 is 20.3 Å². The highest BCUT2D eigenvalue weighted by molar-refractivity contribution is 5.98. The number of imidazole rings is 1. The molecule has 0 fully saturated rings. The van der Waals surface area contributed by atoms with Crippen molar-refractivity contribution in [3.63, 3.8) is 0 Å². The van der Waals surface area contributed by atoms with E-state index in [9.17, 15) is 9.59 Å². The fraction of sp³-hybridized carbons (Fsp3) is 0.250. The van der Waals surface area contributed by atoms with Crippen LogP contribution in [0.3, 0.4) is 0 Å². The van der Waals surface area contributed by atoms with Gasteiger partial charge in [-0.2, -0.15) is 0 Å². The molecule has 0 atom stereocenters. The number of benzene rings is 1. The number of hydrogen-bond acceptors (Lipinski definition) is 5. The predicted octanol–water partition coefficient (Wildman–Crippen LogP) is 2.51. The normalized spacial score (nSPS) is 10.8. The van der Waals surface area contributed by atoms with E-state index in [4.69, 9.17) is 9.47 Å². The zero-order valence-corrected chi connectivity index (χ0v) is 16.1. The number of carbonyl (C=O) groups excluding carboxylic acids is 2. The maximum atomic E-state index is 12.4. The van der Waals surface area contributed by atoms with Crippen LogP contribution in [0.25, 0.3) is 5.65 Å². The lowest BCUT2D eigenvalue weighted by Crippen LogP contribution is -2.41. The van der Waals surface area contributed by atoms with Gasteiger partial charge in [0.1, 0.15) is 11.3 Å². The van der Waals surface area contributed by atoms with Crippen molar-refractivity contribution in [1.82, 2.24) is 20.2 Å². The van der Waals surface area contributed by atoms with Crippen molar-refractivity contribution >= 4 is 17.5 Å². The summed E-state index contributed by atoms with van der Waals surface area (Å²) >= 11 is 0. The average molecular weight is 382 g/mol. The van der Waals surface area contributed by atoms with E-state index >= 15 is 0 Å². The highest BCUT2D eigenvalue weighted by atomic mass is 16.5. The third-order valence-corrected chi connectivity index (χ3v) is 3.93. The summed E-state index contributed by atoms with van der Waals surface area (Å²) in [4.78, 5) is 28.9. The van der Waals surface area contributed by atoms with Crippen LogP contribution >= 0.6 is 0 Å². The van der Waals surface area contributed by atoms with Gasteiger partial charge < -0.3 is 13.9 Å². The van der Waals surface area contributed by atoms with Crippen LogP contribution in [0.4, 0.5) is 0 Å². The van der Waals surface area contributed by atoms with E-state index in [0.29, 0.717) is 22.7 Å². The quantitative estimate of drug-likeness (QED) is 0.662. The second-order valence-corrected chi connectivity index (χ2v) is 6.54. The van der Waals surface area contributed by atoms with Crippen molar-refractivity contribution in [3.05, 3.63) is 59.5 Å². The molecule has 2 amide bonds. The molecule has 2 heterocycles. The molecule has 28 heavy (non-hydrogen) atoms. The minimum absolute atomic E-state index is 0.0259. The Labute approximate surface area is 162 Å². The topological polar surface area (TPSA) is 94.0 Å². The van der Waals surface area contributed by atoms with Crippen LogP contribution in [0, 0.1) is 6.92 Å². The van der Waals surface area contributed by atoms with Crippen LogP contribution in [0.15, 0.2) is 42.7 Å². The molecule has 2 aromatic heterocycles. The Bertz CT molecular complexity index is 1030. The predicted molar refractivity (Wildman–Crippen MR) is 104 cm³/mol. The van der Waals surface area contributed by atoms with Gasteiger partial charge in [-0.15, -0.1) is 0 Å². The Morgan fingerprint density at radius 1 is 1.07 bits per heavy atom. The molecule has 0 saturated heterocycles. The summed E-state index contributed by atoms with van der Waals surface area (Å²) in [5.41, 5.74) is 6.96. The first kappa shape index (κ1) is 19.2. The molecular formula is C20H22N4O4. The summed E-state index contributed by atoms with van der Waals surface area (Å²) in [6.45, 7) is 5.74. The molecule has 0 aliphatic rings. The van der Waals surface area contributed by atoms with Gasteiger partial charge >= 0.3 is 0 Å². The van der Waals surface area contributed by atoms with E-state index in [1.165, 1.54) is 7.11 Å². The molecule has 0 unspecified atom stereocenters. The summed E-state index contributed by atoms with van der Waals surface area (Å²) in [6, 6.07) is 8.57. The van der Waals surface area contributed by atoms with Crippen molar-refractivity contribution in [2.45, 2.75) is 26.9 Å². The van der Waals surface area contributed by atoms with Gasteiger partial charge in [0.2, 0.25) is 0 Å². The van der Waals surface area contributed by atoms with Crippen LogP contribution in [0.1, 0.15) is 40.3 Å². The van der Waals surface area contributed by atoms with Gasteiger partial charge in [-0.25, -0.2) is 4.98 Å². The monoisotopic (exact) mass is 382 g/mol. The standard InChI is InChI=1S/C20H22N4O4/c1-12(2)28-16-6-5-14(10-17(16)27-4)19(25)22-23-20(26)15-11-24-8-7-13(3)9-18(24)21-15/h5-12H,1-4H3,(H,22,25)(H,23,26). The molecular weight excluding hydrogens is 360 g/mol. The fourth-order valence-corrected chi connectivity index (χ4v) is 2.60. The zero-order valence-electron chi connectivity index (χ0n) is 16.1. The first-order chi connectivity index (χ1) is 13.4. The minimum Gasteiger partial charge on any atom is -0.493 e. The molecule has 1 aromatic carbocycles. The first-order valence-electron chi connectivity index (χ1n) is 8.78. The van der Waals surface area contributed by atoms with Crippen LogP contribution in [-0.2, 0) is 0 Å². The highest BCUT2D eigenvalue weighted by Gasteiger charge is 2.15. The minimum atomic E-state index is -0.513. The second kappa shape index (κ2) is 7.99. The number of methoxy groups -OCH3 is 1. The third kappa shape index (κ3) is 4.22. The lowest BCUT2D eigenvalue weighted by atomic mass is 10.2. The molecule has 3 aromatic rings. The van der Waals surface area contributed by atoms with Crippen molar-refractivity contribution < 1.29 is 19.1 Å². The van der Waals surface area contributed by atoms with Gasteiger partial charge in [0.25, 0.3) is 11.8 Å². The van der Waals surface area contributed by atoms with Gasteiger partial charge in [0, 0.05) is 18.0 Å². The molecule has 146 valence electrons. The van der Waals surface area contributed by atoms with Gasteiger partial charge in [0.05, 0.1) is 13.2 Å². The van der Waals surface area contributed by atoms with E-state index in [1.807, 2.05) is 39.1 Å². The summed E-state index contributed by atoms with van der Waals surface area (Å²) in [5, 5.41) is 0. The Hall–Kier alpha value is -3.55. The summed E-state index contributed by atoms with van der Waals surface area (Å²) < 4.78 is 12.6. The third-order valence-electron chi connectivity index (χ3n) is 3.93.